The van der Waals surface area contributed by atoms with Gasteiger partial charge in [-0.2, -0.15) is 0 Å². The van der Waals surface area contributed by atoms with Gasteiger partial charge in [0.05, 0.1) is 25.3 Å². The molecule has 2 saturated heterocycles. The number of halogens is 1. The van der Waals surface area contributed by atoms with E-state index in [1.165, 1.54) is 0 Å². The number of hydrogen-bond acceptors (Lipinski definition) is 4. The van der Waals surface area contributed by atoms with Crippen molar-refractivity contribution in [2.24, 2.45) is 13.0 Å². The second kappa shape index (κ2) is 6.98. The Morgan fingerprint density at radius 1 is 1.41 bits per heavy atom. The highest BCUT2D eigenvalue weighted by Gasteiger charge is 2.29. The first-order chi connectivity index (χ1) is 10.6. The van der Waals surface area contributed by atoms with Crippen LogP contribution in [-0.4, -0.2) is 64.7 Å². The molecule has 1 unspecified atom stereocenters. The van der Waals surface area contributed by atoms with Gasteiger partial charge in [0.15, 0.2) is 0 Å². The third-order valence-corrected chi connectivity index (χ3v) is 4.92. The van der Waals surface area contributed by atoms with Gasteiger partial charge in [0.1, 0.15) is 11.0 Å². The van der Waals surface area contributed by atoms with Crippen molar-refractivity contribution in [1.82, 2.24) is 19.4 Å². The molecular formula is C15H23ClN4O2. The van der Waals surface area contributed by atoms with E-state index in [0.29, 0.717) is 11.8 Å². The molecule has 1 aromatic heterocycles. The Kier molecular flexibility index (Phi) is 5.00. The number of aromatic nitrogens is 2. The molecule has 3 rings (SSSR count). The number of ether oxygens (including phenoxy) is 1. The summed E-state index contributed by atoms with van der Waals surface area (Å²) < 4.78 is 7.24. The Balaban J connectivity index is 1.55. The molecule has 0 aromatic carbocycles. The molecule has 0 bridgehead atoms. The summed E-state index contributed by atoms with van der Waals surface area (Å²) in [6.45, 7) is 5.57. The Morgan fingerprint density at radius 3 is 2.95 bits per heavy atom. The summed E-state index contributed by atoms with van der Waals surface area (Å²) in [7, 11) is 1.93. The van der Waals surface area contributed by atoms with Gasteiger partial charge in [0, 0.05) is 39.8 Å². The average molecular weight is 327 g/mol. The van der Waals surface area contributed by atoms with E-state index in [1.54, 1.807) is 6.20 Å². The summed E-state index contributed by atoms with van der Waals surface area (Å²) in [5.41, 5.74) is 0. The van der Waals surface area contributed by atoms with Crippen LogP contribution < -0.4 is 0 Å². The first kappa shape index (κ1) is 15.8. The van der Waals surface area contributed by atoms with Crippen LogP contribution in [-0.2, 0) is 23.1 Å². The molecule has 0 aliphatic carbocycles. The molecule has 0 spiro atoms. The lowest BCUT2D eigenvalue weighted by Crippen LogP contribution is -2.39. The maximum atomic E-state index is 12.5. The highest BCUT2D eigenvalue weighted by molar-refractivity contribution is 6.29. The van der Waals surface area contributed by atoms with Crippen molar-refractivity contribution >= 4 is 17.5 Å². The number of nitrogens with zero attached hydrogens (tertiary/aromatic N) is 4. The smallest absolute Gasteiger partial charge is 0.228 e. The topological polar surface area (TPSA) is 50.6 Å². The molecule has 22 heavy (non-hydrogen) atoms. The van der Waals surface area contributed by atoms with Crippen LogP contribution in [0.15, 0.2) is 6.20 Å². The Hall–Kier alpha value is -1.11. The van der Waals surface area contributed by atoms with Crippen LogP contribution in [0.5, 0.6) is 0 Å². The largest absolute Gasteiger partial charge is 0.381 e. The minimum atomic E-state index is 0.0693. The van der Waals surface area contributed by atoms with E-state index in [4.69, 9.17) is 16.3 Å². The fraction of sp³-hybridized carbons (Fsp3) is 0.733. The normalized spacial score (nSPS) is 23.7. The van der Waals surface area contributed by atoms with Gasteiger partial charge in [-0.15, -0.1) is 0 Å². The second-order valence-electron chi connectivity index (χ2n) is 6.07. The molecule has 2 fully saturated rings. The summed E-state index contributed by atoms with van der Waals surface area (Å²) in [6.07, 6.45) is 3.55. The van der Waals surface area contributed by atoms with Crippen LogP contribution in [0.2, 0.25) is 5.15 Å². The zero-order valence-corrected chi connectivity index (χ0v) is 13.8. The molecule has 3 heterocycles. The zero-order valence-electron chi connectivity index (χ0n) is 13.0. The van der Waals surface area contributed by atoms with Gasteiger partial charge in [-0.25, -0.2) is 4.98 Å². The van der Waals surface area contributed by atoms with Gasteiger partial charge in [-0.05, 0) is 12.8 Å². The van der Waals surface area contributed by atoms with Crippen LogP contribution in [0, 0.1) is 5.92 Å². The summed E-state index contributed by atoms with van der Waals surface area (Å²) in [5.74, 6) is 1.30. The summed E-state index contributed by atoms with van der Waals surface area (Å²) in [4.78, 5) is 21.2. The molecular weight excluding hydrogens is 304 g/mol. The van der Waals surface area contributed by atoms with E-state index in [9.17, 15) is 4.79 Å². The van der Waals surface area contributed by atoms with E-state index < -0.39 is 0 Å². The molecule has 1 aromatic rings. The first-order valence-corrected chi connectivity index (χ1v) is 8.28. The third-order valence-electron chi connectivity index (χ3n) is 4.57. The number of amides is 1. The monoisotopic (exact) mass is 326 g/mol. The van der Waals surface area contributed by atoms with Crippen LogP contribution in [0.25, 0.3) is 0 Å². The minimum absolute atomic E-state index is 0.0693. The van der Waals surface area contributed by atoms with Crippen molar-refractivity contribution in [2.75, 3.05) is 39.4 Å². The van der Waals surface area contributed by atoms with E-state index in [1.807, 2.05) is 16.5 Å². The lowest BCUT2D eigenvalue weighted by molar-refractivity contribution is -0.135. The predicted molar refractivity (Wildman–Crippen MR) is 83.6 cm³/mol. The highest BCUT2D eigenvalue weighted by atomic mass is 35.5. The number of rotatable bonds is 3. The fourth-order valence-corrected chi connectivity index (χ4v) is 3.25. The van der Waals surface area contributed by atoms with E-state index in [0.717, 1.165) is 58.0 Å². The quantitative estimate of drug-likeness (QED) is 0.836. The fourth-order valence-electron chi connectivity index (χ4n) is 3.11. The Labute approximate surface area is 136 Å². The van der Waals surface area contributed by atoms with Gasteiger partial charge in [0.2, 0.25) is 5.91 Å². The molecule has 7 heteroatoms. The van der Waals surface area contributed by atoms with Crippen LogP contribution >= 0.6 is 11.6 Å². The Bertz CT molecular complexity index is 528. The molecule has 0 radical (unpaired) electrons. The van der Waals surface area contributed by atoms with Gasteiger partial charge in [0.25, 0.3) is 0 Å². The van der Waals surface area contributed by atoms with Crippen LogP contribution in [0.1, 0.15) is 18.7 Å². The average Bonchev–Trinajstić information content (AvgIpc) is 3.08. The summed E-state index contributed by atoms with van der Waals surface area (Å²) in [5, 5.41) is 0.655. The van der Waals surface area contributed by atoms with Crippen LogP contribution in [0.3, 0.4) is 0 Å². The number of hydrogen-bond donors (Lipinski definition) is 0. The summed E-state index contributed by atoms with van der Waals surface area (Å²) >= 11 is 6.03. The maximum absolute atomic E-state index is 12.5. The van der Waals surface area contributed by atoms with E-state index >= 15 is 0 Å². The summed E-state index contributed by atoms with van der Waals surface area (Å²) in [6, 6.07) is 0. The van der Waals surface area contributed by atoms with Crippen molar-refractivity contribution in [3.63, 3.8) is 0 Å². The molecule has 2 aliphatic rings. The highest BCUT2D eigenvalue weighted by Crippen LogP contribution is 2.18. The number of carbonyl (C=O) groups excluding carboxylic acids is 1. The molecule has 0 saturated carbocycles. The van der Waals surface area contributed by atoms with E-state index in [2.05, 4.69) is 9.88 Å². The molecule has 0 N–H and O–H groups in total. The molecule has 122 valence electrons. The molecule has 2 aliphatic heterocycles. The molecule has 6 nitrogen and oxygen atoms in total. The third kappa shape index (κ3) is 3.45. The SMILES string of the molecule is Cn1c(Cl)cnc1CN1CCCN(C(=O)C2CCOC2)CC1. The van der Waals surface area contributed by atoms with Crippen molar-refractivity contribution in [3.05, 3.63) is 17.2 Å². The van der Waals surface area contributed by atoms with Gasteiger partial charge < -0.3 is 14.2 Å². The van der Waals surface area contributed by atoms with Gasteiger partial charge in [-0.1, -0.05) is 11.6 Å². The Morgan fingerprint density at radius 2 is 2.27 bits per heavy atom. The zero-order chi connectivity index (χ0) is 15.5. The molecule has 1 atom stereocenters. The van der Waals surface area contributed by atoms with Gasteiger partial charge in [-0.3, -0.25) is 9.69 Å². The standard InChI is InChI=1S/C15H23ClN4O2/c1-18-13(16)9-17-14(18)10-19-4-2-5-20(7-6-19)15(21)12-3-8-22-11-12/h9,12H,2-8,10-11H2,1H3. The van der Waals surface area contributed by atoms with Gasteiger partial charge >= 0.3 is 0 Å². The first-order valence-electron chi connectivity index (χ1n) is 7.90. The van der Waals surface area contributed by atoms with Crippen molar-refractivity contribution in [1.29, 1.82) is 0 Å². The van der Waals surface area contributed by atoms with Crippen molar-refractivity contribution in [2.45, 2.75) is 19.4 Å². The predicted octanol–water partition coefficient (Wildman–Crippen LogP) is 1.14. The maximum Gasteiger partial charge on any atom is 0.228 e. The van der Waals surface area contributed by atoms with Crippen LogP contribution in [0.4, 0.5) is 0 Å². The number of carbonyl (C=O) groups is 1. The minimum Gasteiger partial charge on any atom is -0.381 e. The van der Waals surface area contributed by atoms with E-state index in [-0.39, 0.29) is 11.8 Å². The number of imidazole rings is 1. The lowest BCUT2D eigenvalue weighted by Gasteiger charge is -2.24. The van der Waals surface area contributed by atoms with Crippen molar-refractivity contribution < 1.29 is 9.53 Å². The second-order valence-corrected chi connectivity index (χ2v) is 6.46. The van der Waals surface area contributed by atoms with Crippen molar-refractivity contribution in [3.8, 4) is 0 Å². The molecule has 1 amide bonds. The lowest BCUT2D eigenvalue weighted by atomic mass is 10.1.